The number of carbonyl (C=O) groups is 1. The molecule has 0 saturated carbocycles. The van der Waals surface area contributed by atoms with Crippen molar-refractivity contribution < 1.29 is 4.79 Å². The summed E-state index contributed by atoms with van der Waals surface area (Å²) >= 11 is 1.72. The minimum atomic E-state index is 0.249. The summed E-state index contributed by atoms with van der Waals surface area (Å²) in [6.45, 7) is 3.78. The molecule has 1 N–H and O–H groups in total. The maximum absolute atomic E-state index is 12.6. The summed E-state index contributed by atoms with van der Waals surface area (Å²) in [7, 11) is 1.88. The van der Waals surface area contributed by atoms with Crippen molar-refractivity contribution in [2.75, 3.05) is 25.5 Å². The normalized spacial score (nSPS) is 18.0. The van der Waals surface area contributed by atoms with E-state index < -0.39 is 0 Å². The van der Waals surface area contributed by atoms with Crippen LogP contribution in [0.25, 0.3) is 0 Å². The Balaban J connectivity index is 1.66. The molecule has 1 aliphatic heterocycles. The Morgan fingerprint density at radius 3 is 3.04 bits per heavy atom. The van der Waals surface area contributed by atoms with E-state index in [1.165, 1.54) is 10.4 Å². The molecule has 5 heteroatoms. The lowest BCUT2D eigenvalue weighted by Gasteiger charge is -2.33. The second kappa shape index (κ2) is 7.13. The zero-order chi connectivity index (χ0) is 16.2. The van der Waals surface area contributed by atoms with Gasteiger partial charge in [0.2, 0.25) is 5.91 Å². The number of rotatable bonds is 4. The highest BCUT2D eigenvalue weighted by Crippen LogP contribution is 2.28. The van der Waals surface area contributed by atoms with Gasteiger partial charge >= 0.3 is 0 Å². The number of anilines is 1. The molecule has 4 nitrogen and oxygen atoms in total. The molecule has 0 radical (unpaired) electrons. The minimum Gasteiger partial charge on any atom is -0.373 e. The highest BCUT2D eigenvalue weighted by atomic mass is 32.1. The Labute approximate surface area is 141 Å². The van der Waals surface area contributed by atoms with Crippen LogP contribution in [0.1, 0.15) is 34.1 Å². The largest absolute Gasteiger partial charge is 0.373 e. The topological polar surface area (TPSA) is 45.2 Å². The number of thiophene rings is 1. The van der Waals surface area contributed by atoms with Gasteiger partial charge in [0.15, 0.2) is 0 Å². The number of pyridine rings is 1. The van der Waals surface area contributed by atoms with Gasteiger partial charge in [-0.05, 0) is 49.6 Å². The summed E-state index contributed by atoms with van der Waals surface area (Å²) in [5.41, 5.74) is 1.27. The summed E-state index contributed by atoms with van der Waals surface area (Å²) in [5, 5.41) is 3.09. The van der Waals surface area contributed by atoms with E-state index >= 15 is 0 Å². The first-order valence-electron chi connectivity index (χ1n) is 8.12. The Bertz CT molecular complexity index is 682. The Morgan fingerprint density at radius 1 is 1.43 bits per heavy atom. The quantitative estimate of drug-likeness (QED) is 0.934. The van der Waals surface area contributed by atoms with Crippen LogP contribution in [0.15, 0.2) is 30.5 Å². The lowest BCUT2D eigenvalue weighted by Crippen LogP contribution is -2.39. The van der Waals surface area contributed by atoms with Crippen molar-refractivity contribution in [1.29, 1.82) is 0 Å². The molecule has 0 aromatic carbocycles. The second-order valence-electron chi connectivity index (χ2n) is 6.09. The van der Waals surface area contributed by atoms with Crippen molar-refractivity contribution >= 4 is 23.1 Å². The van der Waals surface area contributed by atoms with Crippen molar-refractivity contribution in [1.82, 2.24) is 9.88 Å². The van der Waals surface area contributed by atoms with Gasteiger partial charge in [0.1, 0.15) is 5.82 Å². The number of aryl methyl sites for hydroxylation is 1. The third-order valence-corrected chi connectivity index (χ3v) is 5.41. The molecule has 3 rings (SSSR count). The molecule has 1 fully saturated rings. The molecule has 0 unspecified atom stereocenters. The van der Waals surface area contributed by atoms with Gasteiger partial charge in [0.05, 0.1) is 6.42 Å². The van der Waals surface area contributed by atoms with Gasteiger partial charge in [0.25, 0.3) is 0 Å². The fourth-order valence-corrected chi connectivity index (χ4v) is 4.04. The van der Waals surface area contributed by atoms with E-state index in [9.17, 15) is 4.79 Å². The summed E-state index contributed by atoms with van der Waals surface area (Å²) < 4.78 is 0. The summed E-state index contributed by atoms with van der Waals surface area (Å²) in [6, 6.07) is 8.33. The third-order valence-electron chi connectivity index (χ3n) is 4.41. The fraction of sp³-hybridized carbons (Fsp3) is 0.444. The molecule has 1 atom stereocenters. The summed E-state index contributed by atoms with van der Waals surface area (Å²) in [4.78, 5) is 21.3. The average molecular weight is 329 g/mol. The number of piperidine rings is 1. The molecule has 0 spiro atoms. The van der Waals surface area contributed by atoms with Crippen molar-refractivity contribution in [2.24, 2.45) is 0 Å². The SMILES string of the molecule is CNc1cc([C@@H]2CCCN(C(=O)Cc3ccc(C)s3)C2)ccn1. The van der Waals surface area contributed by atoms with E-state index in [4.69, 9.17) is 0 Å². The zero-order valence-corrected chi connectivity index (χ0v) is 14.5. The third kappa shape index (κ3) is 3.91. The Morgan fingerprint density at radius 2 is 2.30 bits per heavy atom. The highest BCUT2D eigenvalue weighted by molar-refractivity contribution is 7.12. The van der Waals surface area contributed by atoms with Crippen LogP contribution in [0.2, 0.25) is 0 Å². The smallest absolute Gasteiger partial charge is 0.227 e. The molecule has 122 valence electrons. The van der Waals surface area contributed by atoms with Crippen LogP contribution in [-0.2, 0) is 11.2 Å². The predicted octanol–water partition coefficient (Wildman–Crippen LogP) is 3.44. The number of amides is 1. The first-order valence-corrected chi connectivity index (χ1v) is 8.94. The van der Waals surface area contributed by atoms with Crippen LogP contribution < -0.4 is 5.32 Å². The average Bonchev–Trinajstić information content (AvgIpc) is 3.00. The van der Waals surface area contributed by atoms with E-state index in [2.05, 4.69) is 41.5 Å². The van der Waals surface area contributed by atoms with Crippen LogP contribution in [-0.4, -0.2) is 35.9 Å². The molecule has 2 aromatic heterocycles. The molecular formula is C18H23N3OS. The predicted molar refractivity (Wildman–Crippen MR) is 95.1 cm³/mol. The van der Waals surface area contributed by atoms with Gasteiger partial charge in [-0.25, -0.2) is 4.98 Å². The fourth-order valence-electron chi connectivity index (χ4n) is 3.15. The monoisotopic (exact) mass is 329 g/mol. The van der Waals surface area contributed by atoms with Gasteiger partial charge in [-0.3, -0.25) is 4.79 Å². The lowest BCUT2D eigenvalue weighted by molar-refractivity contribution is -0.131. The number of hydrogen-bond acceptors (Lipinski definition) is 4. The Kier molecular flexibility index (Phi) is 4.96. The summed E-state index contributed by atoms with van der Waals surface area (Å²) in [6.07, 6.45) is 4.58. The first kappa shape index (κ1) is 16.0. The number of nitrogens with one attached hydrogen (secondary N) is 1. The molecular weight excluding hydrogens is 306 g/mol. The molecule has 23 heavy (non-hydrogen) atoms. The van der Waals surface area contributed by atoms with Crippen LogP contribution in [0.5, 0.6) is 0 Å². The van der Waals surface area contributed by atoms with E-state index in [0.29, 0.717) is 12.3 Å². The van der Waals surface area contributed by atoms with Crippen molar-refractivity contribution in [3.8, 4) is 0 Å². The summed E-state index contributed by atoms with van der Waals surface area (Å²) in [5.74, 6) is 1.55. The number of carbonyl (C=O) groups excluding carboxylic acids is 1. The number of nitrogens with zero attached hydrogens (tertiary/aromatic N) is 2. The molecule has 2 aromatic rings. The molecule has 1 aliphatic rings. The van der Waals surface area contributed by atoms with Crippen LogP contribution in [0.4, 0.5) is 5.82 Å². The van der Waals surface area contributed by atoms with Gasteiger partial charge in [-0.1, -0.05) is 0 Å². The Hall–Kier alpha value is -1.88. The van der Waals surface area contributed by atoms with Gasteiger partial charge in [-0.2, -0.15) is 0 Å². The highest BCUT2D eigenvalue weighted by Gasteiger charge is 2.25. The van der Waals surface area contributed by atoms with E-state index in [1.54, 1.807) is 11.3 Å². The van der Waals surface area contributed by atoms with E-state index in [0.717, 1.165) is 36.6 Å². The maximum Gasteiger partial charge on any atom is 0.227 e. The minimum absolute atomic E-state index is 0.249. The molecule has 0 aliphatic carbocycles. The second-order valence-corrected chi connectivity index (χ2v) is 7.46. The number of aromatic nitrogens is 1. The molecule has 3 heterocycles. The van der Waals surface area contributed by atoms with Crippen molar-refractivity contribution in [2.45, 2.75) is 32.1 Å². The van der Waals surface area contributed by atoms with Gasteiger partial charge in [0, 0.05) is 42.0 Å². The van der Waals surface area contributed by atoms with Gasteiger partial charge in [-0.15, -0.1) is 11.3 Å². The number of likely N-dealkylation sites (tertiary alicyclic amines) is 1. The first-order chi connectivity index (χ1) is 11.2. The van der Waals surface area contributed by atoms with Crippen LogP contribution >= 0.6 is 11.3 Å². The molecule has 1 saturated heterocycles. The molecule has 0 bridgehead atoms. The maximum atomic E-state index is 12.6. The van der Waals surface area contributed by atoms with E-state index in [-0.39, 0.29) is 5.91 Å². The molecule has 1 amide bonds. The lowest BCUT2D eigenvalue weighted by atomic mass is 9.91. The standard InChI is InChI=1S/C18H23N3OS/c1-13-5-6-16(23-13)11-18(22)21-9-3-4-15(12-21)14-7-8-20-17(10-14)19-2/h5-8,10,15H,3-4,9,11-12H2,1-2H3,(H,19,20)/t15-/m1/s1. The van der Waals surface area contributed by atoms with Gasteiger partial charge < -0.3 is 10.2 Å². The van der Waals surface area contributed by atoms with Crippen LogP contribution in [0, 0.1) is 6.92 Å². The van der Waals surface area contributed by atoms with Crippen molar-refractivity contribution in [3.05, 3.63) is 45.8 Å². The van der Waals surface area contributed by atoms with Crippen molar-refractivity contribution in [3.63, 3.8) is 0 Å². The number of hydrogen-bond donors (Lipinski definition) is 1. The van der Waals surface area contributed by atoms with Crippen LogP contribution in [0.3, 0.4) is 0 Å². The van der Waals surface area contributed by atoms with E-state index in [1.807, 2.05) is 18.1 Å². The zero-order valence-electron chi connectivity index (χ0n) is 13.7.